The van der Waals surface area contributed by atoms with Crippen LogP contribution in [0.15, 0.2) is 16.0 Å². The minimum Gasteiger partial charge on any atom is -0.507 e. The fraction of sp³-hybridized carbons (Fsp3) is 0.222. The van der Waals surface area contributed by atoms with E-state index in [1.807, 2.05) is 0 Å². The first-order valence-electron chi connectivity index (χ1n) is 4.45. The number of aromatic hydroxyl groups is 1. The highest BCUT2D eigenvalue weighted by atomic mass is 32.1. The number of aromatic nitrogens is 1. The number of nitrogens with zero attached hydrogens (tertiary/aromatic N) is 1. The molecule has 0 atom stereocenters. The molecule has 0 radical (unpaired) electrons. The van der Waals surface area contributed by atoms with Crippen molar-refractivity contribution in [1.82, 2.24) is 10.4 Å². The molecule has 0 spiro atoms. The van der Waals surface area contributed by atoms with E-state index in [-0.39, 0.29) is 16.4 Å². The first kappa shape index (κ1) is 12.2. The van der Waals surface area contributed by atoms with Crippen LogP contribution in [0.25, 0.3) is 0 Å². The number of aryl methyl sites for hydroxylation is 1. The van der Waals surface area contributed by atoms with Crippen molar-refractivity contribution in [2.75, 3.05) is 0 Å². The lowest BCUT2D eigenvalue weighted by atomic mass is 10.1. The summed E-state index contributed by atoms with van der Waals surface area (Å²) in [5.41, 5.74) is 8.08. The average Bonchev–Trinajstić information content (AvgIpc) is 2.12. The zero-order valence-electron chi connectivity index (χ0n) is 8.87. The lowest BCUT2D eigenvalue weighted by Gasteiger charge is -2.04. The van der Waals surface area contributed by atoms with Gasteiger partial charge in [0, 0.05) is 5.69 Å². The van der Waals surface area contributed by atoms with Crippen molar-refractivity contribution < 1.29 is 5.11 Å². The summed E-state index contributed by atoms with van der Waals surface area (Å²) < 4.78 is 0. The predicted molar refractivity (Wildman–Crippen MR) is 65.6 cm³/mol. The molecule has 0 fully saturated rings. The van der Waals surface area contributed by atoms with E-state index >= 15 is 0 Å². The van der Waals surface area contributed by atoms with E-state index in [1.54, 1.807) is 13.8 Å². The van der Waals surface area contributed by atoms with Crippen molar-refractivity contribution >= 4 is 23.0 Å². The topological polar surface area (TPSA) is 104 Å². The SMILES string of the molecule is CC(=NNC(N)=S)c1c(O)cc(C)[nH]c1=O. The van der Waals surface area contributed by atoms with E-state index < -0.39 is 5.56 Å². The fourth-order valence-corrected chi connectivity index (χ4v) is 1.26. The Labute approximate surface area is 97.2 Å². The third-order valence-corrected chi connectivity index (χ3v) is 1.93. The summed E-state index contributed by atoms with van der Waals surface area (Å²) in [5, 5.41) is 13.4. The number of hydrogen-bond acceptors (Lipinski definition) is 4. The number of thiocarbonyl (C=S) groups is 1. The molecule has 6 nitrogen and oxygen atoms in total. The third-order valence-electron chi connectivity index (χ3n) is 1.84. The summed E-state index contributed by atoms with van der Waals surface area (Å²) >= 11 is 4.56. The molecule has 0 aliphatic carbocycles. The Bertz CT molecular complexity index is 507. The molecule has 0 saturated carbocycles. The van der Waals surface area contributed by atoms with E-state index in [0.29, 0.717) is 11.4 Å². The Balaban J connectivity index is 3.18. The molecule has 16 heavy (non-hydrogen) atoms. The van der Waals surface area contributed by atoms with Crippen LogP contribution in [0.5, 0.6) is 5.75 Å². The van der Waals surface area contributed by atoms with Crippen molar-refractivity contribution in [2.45, 2.75) is 13.8 Å². The van der Waals surface area contributed by atoms with Gasteiger partial charge in [0.25, 0.3) is 5.56 Å². The van der Waals surface area contributed by atoms with Crippen LogP contribution in [0.4, 0.5) is 0 Å². The third kappa shape index (κ3) is 2.80. The van der Waals surface area contributed by atoms with Gasteiger partial charge in [0.1, 0.15) is 11.3 Å². The number of hydrazone groups is 1. The molecule has 0 aromatic carbocycles. The van der Waals surface area contributed by atoms with Crippen LogP contribution in [0.1, 0.15) is 18.2 Å². The molecule has 1 heterocycles. The van der Waals surface area contributed by atoms with Crippen LogP contribution in [-0.4, -0.2) is 20.9 Å². The average molecular weight is 240 g/mol. The predicted octanol–water partition coefficient (Wildman–Crippen LogP) is -0.0539. The van der Waals surface area contributed by atoms with Crippen LogP contribution < -0.4 is 16.7 Å². The van der Waals surface area contributed by atoms with E-state index in [4.69, 9.17) is 5.73 Å². The van der Waals surface area contributed by atoms with Crippen LogP contribution >= 0.6 is 12.2 Å². The maximum absolute atomic E-state index is 11.6. The normalized spacial score (nSPS) is 11.2. The molecule has 7 heteroatoms. The second-order valence-corrected chi connectivity index (χ2v) is 3.65. The summed E-state index contributed by atoms with van der Waals surface area (Å²) in [7, 11) is 0. The molecule has 0 amide bonds. The molecule has 0 unspecified atom stereocenters. The number of aromatic amines is 1. The minimum absolute atomic E-state index is 0.0117. The summed E-state index contributed by atoms with van der Waals surface area (Å²) in [5.74, 6) is -0.132. The largest absolute Gasteiger partial charge is 0.507 e. The molecule has 0 saturated heterocycles. The summed E-state index contributed by atoms with van der Waals surface area (Å²) in [4.78, 5) is 14.1. The van der Waals surface area contributed by atoms with Crippen molar-refractivity contribution in [2.24, 2.45) is 10.8 Å². The Kier molecular flexibility index (Phi) is 3.62. The second kappa shape index (κ2) is 4.75. The maximum atomic E-state index is 11.6. The molecular formula is C9H12N4O2S. The highest BCUT2D eigenvalue weighted by molar-refractivity contribution is 7.80. The Morgan fingerprint density at radius 1 is 1.69 bits per heavy atom. The quantitative estimate of drug-likeness (QED) is 0.329. The van der Waals surface area contributed by atoms with Crippen molar-refractivity contribution in [1.29, 1.82) is 0 Å². The number of hydrogen-bond donors (Lipinski definition) is 4. The standard InChI is InChI=1S/C9H12N4O2S/c1-4-3-6(14)7(8(15)11-4)5(2)12-13-9(10)16/h3H,1-2H3,(H3,10,13,16)(H2,11,14,15). The fourth-order valence-electron chi connectivity index (χ4n) is 1.22. The van der Waals surface area contributed by atoms with Crippen LogP contribution in [-0.2, 0) is 0 Å². The first-order valence-corrected chi connectivity index (χ1v) is 4.85. The smallest absolute Gasteiger partial charge is 0.261 e. The van der Waals surface area contributed by atoms with Gasteiger partial charge >= 0.3 is 0 Å². The molecule has 1 rings (SSSR count). The van der Waals surface area contributed by atoms with Crippen molar-refractivity contribution in [3.05, 3.63) is 27.7 Å². The highest BCUT2D eigenvalue weighted by Crippen LogP contribution is 2.13. The molecule has 86 valence electrons. The highest BCUT2D eigenvalue weighted by Gasteiger charge is 2.10. The van der Waals surface area contributed by atoms with Crippen molar-refractivity contribution in [3.8, 4) is 5.75 Å². The molecule has 1 aromatic heterocycles. The Hall–Kier alpha value is -1.89. The monoisotopic (exact) mass is 240 g/mol. The molecule has 0 aliphatic heterocycles. The second-order valence-electron chi connectivity index (χ2n) is 3.21. The Morgan fingerprint density at radius 3 is 2.81 bits per heavy atom. The van der Waals surface area contributed by atoms with Gasteiger partial charge in [0.2, 0.25) is 0 Å². The van der Waals surface area contributed by atoms with Gasteiger partial charge in [-0.25, -0.2) is 0 Å². The van der Waals surface area contributed by atoms with Gasteiger partial charge in [0.15, 0.2) is 5.11 Å². The number of pyridine rings is 1. The lowest BCUT2D eigenvalue weighted by molar-refractivity contribution is 0.471. The van der Waals surface area contributed by atoms with Gasteiger partial charge in [-0.15, -0.1) is 0 Å². The molecule has 0 aliphatic rings. The van der Waals surface area contributed by atoms with Crippen LogP contribution in [0.2, 0.25) is 0 Å². The minimum atomic E-state index is -0.413. The van der Waals surface area contributed by atoms with Gasteiger partial charge < -0.3 is 15.8 Å². The maximum Gasteiger partial charge on any atom is 0.261 e. The van der Waals surface area contributed by atoms with Gasteiger partial charge in [-0.2, -0.15) is 5.10 Å². The summed E-state index contributed by atoms with van der Waals surface area (Å²) in [6.07, 6.45) is 0. The van der Waals surface area contributed by atoms with Gasteiger partial charge in [-0.1, -0.05) is 0 Å². The first-order chi connectivity index (χ1) is 7.41. The zero-order chi connectivity index (χ0) is 12.3. The van der Waals surface area contributed by atoms with E-state index in [2.05, 4.69) is 27.7 Å². The molecular weight excluding hydrogens is 228 g/mol. The zero-order valence-corrected chi connectivity index (χ0v) is 9.68. The number of nitrogens with one attached hydrogen (secondary N) is 2. The van der Waals surface area contributed by atoms with Gasteiger partial charge in [-0.3, -0.25) is 10.2 Å². The summed E-state index contributed by atoms with van der Waals surface area (Å²) in [6, 6.07) is 1.44. The Morgan fingerprint density at radius 2 is 2.31 bits per heavy atom. The van der Waals surface area contributed by atoms with Crippen LogP contribution in [0, 0.1) is 6.92 Å². The van der Waals surface area contributed by atoms with E-state index in [0.717, 1.165) is 0 Å². The van der Waals surface area contributed by atoms with Gasteiger partial charge in [0.05, 0.1) is 5.71 Å². The van der Waals surface area contributed by atoms with Gasteiger partial charge in [-0.05, 0) is 32.1 Å². The molecule has 0 bridgehead atoms. The number of nitrogens with two attached hydrogens (primary N) is 1. The van der Waals surface area contributed by atoms with Crippen molar-refractivity contribution in [3.63, 3.8) is 0 Å². The summed E-state index contributed by atoms with van der Waals surface area (Å²) in [6.45, 7) is 3.23. The number of rotatable bonds is 2. The van der Waals surface area contributed by atoms with E-state index in [1.165, 1.54) is 6.07 Å². The lowest BCUT2D eigenvalue weighted by Crippen LogP contribution is -2.26. The number of H-pyrrole nitrogens is 1. The molecule has 1 aromatic rings. The van der Waals surface area contributed by atoms with Crippen LogP contribution in [0.3, 0.4) is 0 Å². The molecule has 5 N–H and O–H groups in total. The van der Waals surface area contributed by atoms with E-state index in [9.17, 15) is 9.90 Å².